The van der Waals surface area contributed by atoms with E-state index >= 15 is 0 Å². The molecule has 4 rings (SSSR count). The Hall–Kier alpha value is -2.28. The molecule has 0 fully saturated rings. The summed E-state index contributed by atoms with van der Waals surface area (Å²) >= 11 is 6.28. The zero-order valence-electron chi connectivity index (χ0n) is 10.9. The third-order valence-electron chi connectivity index (χ3n) is 3.38. The van der Waals surface area contributed by atoms with Crippen LogP contribution >= 0.6 is 11.6 Å². The number of nitrogens with zero attached hydrogens (tertiary/aromatic N) is 7. The summed E-state index contributed by atoms with van der Waals surface area (Å²) in [4.78, 5) is 12.9. The van der Waals surface area contributed by atoms with Crippen LogP contribution in [0.2, 0.25) is 5.15 Å². The molecule has 0 saturated carbocycles. The number of halogens is 1. The molecule has 100 valence electrons. The third-order valence-corrected chi connectivity index (χ3v) is 3.66. The monoisotopic (exact) mass is 287 g/mol. The summed E-state index contributed by atoms with van der Waals surface area (Å²) in [5.41, 5.74) is 2.47. The summed E-state index contributed by atoms with van der Waals surface area (Å²) in [6, 6.07) is 0. The first kappa shape index (κ1) is 11.5. The van der Waals surface area contributed by atoms with Gasteiger partial charge in [-0.05, 0) is 13.8 Å². The van der Waals surface area contributed by atoms with Gasteiger partial charge in [-0.3, -0.25) is 0 Å². The number of fused-ring (bicyclic) bond motifs is 5. The summed E-state index contributed by atoms with van der Waals surface area (Å²) in [6.45, 7) is 4.68. The van der Waals surface area contributed by atoms with E-state index in [2.05, 4.69) is 25.1 Å². The maximum atomic E-state index is 6.28. The topological polar surface area (TPSA) is 73.8 Å². The molecule has 8 heteroatoms. The molecule has 20 heavy (non-hydrogen) atoms. The van der Waals surface area contributed by atoms with Crippen LogP contribution in [-0.2, 0) is 6.54 Å². The summed E-state index contributed by atoms with van der Waals surface area (Å²) in [5.74, 6) is 0.471. The molecule has 4 aromatic rings. The SMILES string of the molecule is CCn1ncc2c1nc(C)c1c(Cl)nc3ncnn3c12. The Morgan fingerprint density at radius 1 is 1.25 bits per heavy atom. The maximum absolute atomic E-state index is 6.28. The van der Waals surface area contributed by atoms with Crippen molar-refractivity contribution in [1.82, 2.24) is 34.3 Å². The number of pyridine rings is 1. The molecule has 0 atom stereocenters. The van der Waals surface area contributed by atoms with Crippen LogP contribution in [-0.4, -0.2) is 34.3 Å². The molecule has 0 saturated heterocycles. The second-order valence-electron chi connectivity index (χ2n) is 4.49. The first-order valence-electron chi connectivity index (χ1n) is 6.21. The van der Waals surface area contributed by atoms with E-state index in [1.165, 1.54) is 6.33 Å². The number of rotatable bonds is 1. The summed E-state index contributed by atoms with van der Waals surface area (Å²) in [7, 11) is 0. The Balaban J connectivity index is 2.38. The van der Waals surface area contributed by atoms with Crippen LogP contribution in [0.4, 0.5) is 0 Å². The van der Waals surface area contributed by atoms with Gasteiger partial charge >= 0.3 is 0 Å². The quantitative estimate of drug-likeness (QED) is 0.501. The number of aryl methyl sites for hydroxylation is 2. The summed E-state index contributed by atoms with van der Waals surface area (Å²) in [5, 5.41) is 10.7. The molecule has 7 nitrogen and oxygen atoms in total. The molecular weight excluding hydrogens is 278 g/mol. The lowest BCUT2D eigenvalue weighted by atomic mass is 10.2. The molecule has 4 heterocycles. The first-order valence-corrected chi connectivity index (χ1v) is 6.59. The fourth-order valence-corrected chi connectivity index (χ4v) is 2.80. The van der Waals surface area contributed by atoms with Crippen molar-refractivity contribution in [2.75, 3.05) is 0 Å². The molecule has 0 aliphatic heterocycles. The van der Waals surface area contributed by atoms with Crippen LogP contribution in [0.1, 0.15) is 12.6 Å². The van der Waals surface area contributed by atoms with Crippen molar-refractivity contribution in [3.8, 4) is 0 Å². The zero-order valence-corrected chi connectivity index (χ0v) is 11.6. The summed E-state index contributed by atoms with van der Waals surface area (Å²) < 4.78 is 3.53. The predicted molar refractivity (Wildman–Crippen MR) is 74.8 cm³/mol. The lowest BCUT2D eigenvalue weighted by molar-refractivity contribution is 0.676. The smallest absolute Gasteiger partial charge is 0.248 e. The molecule has 0 unspecified atom stereocenters. The van der Waals surface area contributed by atoms with Gasteiger partial charge in [0.2, 0.25) is 0 Å². The summed E-state index contributed by atoms with van der Waals surface area (Å²) in [6.07, 6.45) is 3.25. The van der Waals surface area contributed by atoms with Crippen molar-refractivity contribution < 1.29 is 0 Å². The van der Waals surface area contributed by atoms with Gasteiger partial charge in [0, 0.05) is 6.54 Å². The van der Waals surface area contributed by atoms with E-state index < -0.39 is 0 Å². The van der Waals surface area contributed by atoms with Crippen molar-refractivity contribution >= 4 is 39.3 Å². The fourth-order valence-electron chi connectivity index (χ4n) is 2.50. The molecule has 0 spiro atoms. The Labute approximate surface area is 118 Å². The second-order valence-corrected chi connectivity index (χ2v) is 4.85. The first-order chi connectivity index (χ1) is 9.70. The van der Waals surface area contributed by atoms with Gasteiger partial charge in [0.25, 0.3) is 5.78 Å². The van der Waals surface area contributed by atoms with E-state index in [4.69, 9.17) is 11.6 Å². The van der Waals surface area contributed by atoms with E-state index in [0.717, 1.165) is 34.2 Å². The van der Waals surface area contributed by atoms with E-state index in [-0.39, 0.29) is 0 Å². The van der Waals surface area contributed by atoms with Gasteiger partial charge in [0.15, 0.2) is 5.65 Å². The van der Waals surface area contributed by atoms with Crippen LogP contribution in [0.3, 0.4) is 0 Å². The van der Waals surface area contributed by atoms with Gasteiger partial charge in [-0.1, -0.05) is 11.6 Å². The van der Waals surface area contributed by atoms with E-state index in [1.807, 2.05) is 18.5 Å². The normalized spacial score (nSPS) is 11.9. The largest absolute Gasteiger partial charge is 0.254 e. The Bertz CT molecular complexity index is 968. The second kappa shape index (κ2) is 3.86. The molecule has 0 amide bonds. The van der Waals surface area contributed by atoms with E-state index in [1.54, 1.807) is 10.7 Å². The van der Waals surface area contributed by atoms with Crippen molar-refractivity contribution in [2.45, 2.75) is 20.4 Å². The number of aromatic nitrogens is 7. The van der Waals surface area contributed by atoms with Gasteiger partial charge in [0.1, 0.15) is 11.5 Å². The Kier molecular flexibility index (Phi) is 2.23. The molecule has 4 aromatic heterocycles. The van der Waals surface area contributed by atoms with Crippen molar-refractivity contribution in [2.24, 2.45) is 0 Å². The zero-order chi connectivity index (χ0) is 13.9. The molecule has 0 bridgehead atoms. The number of hydrogen-bond donors (Lipinski definition) is 0. The highest BCUT2D eigenvalue weighted by molar-refractivity contribution is 6.35. The molecule has 0 radical (unpaired) electrons. The van der Waals surface area contributed by atoms with Gasteiger partial charge in [-0.25, -0.2) is 9.67 Å². The molecular formula is C12H10ClN7. The van der Waals surface area contributed by atoms with Crippen LogP contribution < -0.4 is 0 Å². The molecule has 0 N–H and O–H groups in total. The average molecular weight is 288 g/mol. The van der Waals surface area contributed by atoms with Gasteiger partial charge in [-0.2, -0.15) is 24.7 Å². The minimum absolute atomic E-state index is 0.386. The molecule has 0 aromatic carbocycles. The highest BCUT2D eigenvalue weighted by atomic mass is 35.5. The highest BCUT2D eigenvalue weighted by Crippen LogP contribution is 2.30. The average Bonchev–Trinajstić information content (AvgIpc) is 3.03. The van der Waals surface area contributed by atoms with Crippen LogP contribution in [0.5, 0.6) is 0 Å². The lowest BCUT2D eigenvalue weighted by Crippen LogP contribution is -2.02. The van der Waals surface area contributed by atoms with Crippen molar-refractivity contribution in [3.63, 3.8) is 0 Å². The predicted octanol–water partition coefficient (Wildman–Crippen LogP) is 2.00. The minimum atomic E-state index is 0.386. The molecule has 0 aliphatic rings. The van der Waals surface area contributed by atoms with E-state index in [0.29, 0.717) is 10.9 Å². The van der Waals surface area contributed by atoms with Crippen LogP contribution in [0.15, 0.2) is 12.5 Å². The van der Waals surface area contributed by atoms with Crippen LogP contribution in [0, 0.1) is 6.92 Å². The van der Waals surface area contributed by atoms with Gasteiger partial charge in [0.05, 0.1) is 28.2 Å². The van der Waals surface area contributed by atoms with Crippen molar-refractivity contribution in [1.29, 1.82) is 0 Å². The maximum Gasteiger partial charge on any atom is 0.254 e. The number of hydrogen-bond acceptors (Lipinski definition) is 5. The van der Waals surface area contributed by atoms with E-state index in [9.17, 15) is 0 Å². The minimum Gasteiger partial charge on any atom is -0.248 e. The van der Waals surface area contributed by atoms with Gasteiger partial charge in [-0.15, -0.1) is 0 Å². The highest BCUT2D eigenvalue weighted by Gasteiger charge is 2.17. The standard InChI is InChI=1S/C12H10ClN7/c1-3-19-11-7(4-15-19)9-8(6(2)17-11)10(13)18-12-14-5-16-20(9)12/h4-5H,3H2,1-2H3. The fraction of sp³-hybridized carbons (Fsp3) is 0.250. The third kappa shape index (κ3) is 1.32. The van der Waals surface area contributed by atoms with Crippen molar-refractivity contribution in [3.05, 3.63) is 23.4 Å². The van der Waals surface area contributed by atoms with Gasteiger partial charge < -0.3 is 0 Å². The van der Waals surface area contributed by atoms with Crippen LogP contribution in [0.25, 0.3) is 27.7 Å². The molecule has 0 aliphatic carbocycles. The Morgan fingerprint density at radius 2 is 2.10 bits per heavy atom. The Morgan fingerprint density at radius 3 is 2.90 bits per heavy atom. The lowest BCUT2D eigenvalue weighted by Gasteiger charge is -2.07.